The van der Waals surface area contributed by atoms with Crippen LogP contribution in [0.3, 0.4) is 0 Å². The molecule has 0 bridgehead atoms. The molecule has 0 aromatic heterocycles. The number of esters is 1. The lowest BCUT2D eigenvalue weighted by Crippen LogP contribution is -2.36. The Labute approximate surface area is 109 Å². The van der Waals surface area contributed by atoms with Crippen molar-refractivity contribution in [1.82, 2.24) is 0 Å². The maximum Gasteiger partial charge on any atom is 0.313 e. The molecule has 0 amide bonds. The summed E-state index contributed by atoms with van der Waals surface area (Å²) in [7, 11) is 0. The highest BCUT2D eigenvalue weighted by Gasteiger charge is 2.31. The van der Waals surface area contributed by atoms with Crippen molar-refractivity contribution >= 4 is 5.97 Å². The number of carbonyl (C=O) groups excluding carboxylic acids is 1. The zero-order valence-electron chi connectivity index (χ0n) is 11.3. The fourth-order valence-electron chi connectivity index (χ4n) is 1.63. The van der Waals surface area contributed by atoms with Crippen LogP contribution in [0.1, 0.15) is 32.3 Å². The predicted molar refractivity (Wildman–Crippen MR) is 73.2 cm³/mol. The third kappa shape index (κ3) is 4.15. The summed E-state index contributed by atoms with van der Waals surface area (Å²) in [6.45, 7) is 4.61. The van der Waals surface area contributed by atoms with Crippen LogP contribution in [0.15, 0.2) is 30.3 Å². The highest BCUT2D eigenvalue weighted by Crippen LogP contribution is 2.21. The van der Waals surface area contributed by atoms with Gasteiger partial charge in [-0.25, -0.2) is 0 Å². The quantitative estimate of drug-likeness (QED) is 0.597. The molecular formula is C15H23NO2. The zero-order valence-corrected chi connectivity index (χ0v) is 11.3. The molecule has 0 saturated heterocycles. The molecule has 1 atom stereocenters. The summed E-state index contributed by atoms with van der Waals surface area (Å²) in [5, 5.41) is 0. The molecule has 3 nitrogen and oxygen atoms in total. The Bertz CT molecular complexity index is 358. The summed E-state index contributed by atoms with van der Waals surface area (Å²) < 4.78 is 5.29. The molecule has 0 aliphatic carbocycles. The standard InChI is InChI=1S/C15H23NO2/c1-3-15(2,12-16)14(17)18-11-7-10-13-8-5-4-6-9-13/h4-6,8-9H,3,7,10-12,16H2,1-2H3. The third-order valence-corrected chi connectivity index (χ3v) is 3.41. The van der Waals surface area contributed by atoms with Gasteiger partial charge in [0.15, 0.2) is 0 Å². The molecule has 0 heterocycles. The van der Waals surface area contributed by atoms with Crippen LogP contribution in [0.5, 0.6) is 0 Å². The van der Waals surface area contributed by atoms with E-state index < -0.39 is 5.41 Å². The molecule has 1 aromatic carbocycles. The van der Waals surface area contributed by atoms with E-state index in [9.17, 15) is 4.79 Å². The van der Waals surface area contributed by atoms with E-state index in [2.05, 4.69) is 12.1 Å². The number of rotatable bonds is 7. The summed E-state index contributed by atoms with van der Waals surface area (Å²) in [5.41, 5.74) is 6.35. The molecule has 0 fully saturated rings. The Balaban J connectivity index is 2.28. The molecule has 0 saturated carbocycles. The fraction of sp³-hybridized carbons (Fsp3) is 0.533. The fourth-order valence-corrected chi connectivity index (χ4v) is 1.63. The third-order valence-electron chi connectivity index (χ3n) is 3.41. The molecule has 0 spiro atoms. The Morgan fingerprint density at radius 2 is 2.00 bits per heavy atom. The van der Waals surface area contributed by atoms with Crippen LogP contribution in [-0.4, -0.2) is 19.1 Å². The SMILES string of the molecule is CCC(C)(CN)C(=O)OCCCc1ccccc1. The van der Waals surface area contributed by atoms with Crippen molar-refractivity contribution in [1.29, 1.82) is 0 Å². The first-order chi connectivity index (χ1) is 8.62. The average Bonchev–Trinajstić information content (AvgIpc) is 2.43. The minimum absolute atomic E-state index is 0.180. The van der Waals surface area contributed by atoms with Gasteiger partial charge in [0, 0.05) is 6.54 Å². The summed E-state index contributed by atoms with van der Waals surface area (Å²) in [5.74, 6) is -0.180. The van der Waals surface area contributed by atoms with E-state index >= 15 is 0 Å². The van der Waals surface area contributed by atoms with E-state index in [1.165, 1.54) is 5.56 Å². The largest absolute Gasteiger partial charge is 0.465 e. The first kappa shape index (κ1) is 14.7. The lowest BCUT2D eigenvalue weighted by molar-refractivity contribution is -0.154. The molecule has 2 N–H and O–H groups in total. The van der Waals surface area contributed by atoms with E-state index in [1.807, 2.05) is 32.0 Å². The van der Waals surface area contributed by atoms with Gasteiger partial charge < -0.3 is 10.5 Å². The topological polar surface area (TPSA) is 52.3 Å². The molecule has 1 rings (SSSR count). The maximum absolute atomic E-state index is 11.8. The number of benzene rings is 1. The minimum atomic E-state index is -0.535. The normalized spacial score (nSPS) is 13.9. The molecule has 1 aromatic rings. The highest BCUT2D eigenvalue weighted by molar-refractivity contribution is 5.76. The average molecular weight is 249 g/mol. The van der Waals surface area contributed by atoms with E-state index in [0.29, 0.717) is 19.6 Å². The van der Waals surface area contributed by atoms with Gasteiger partial charge in [0.25, 0.3) is 0 Å². The molecule has 0 aliphatic rings. The van der Waals surface area contributed by atoms with Gasteiger partial charge >= 0.3 is 5.97 Å². The van der Waals surface area contributed by atoms with Gasteiger partial charge in [-0.1, -0.05) is 37.3 Å². The molecular weight excluding hydrogens is 226 g/mol. The van der Waals surface area contributed by atoms with Crippen molar-refractivity contribution in [2.24, 2.45) is 11.1 Å². The molecule has 1 unspecified atom stereocenters. The maximum atomic E-state index is 11.8. The molecule has 0 aliphatic heterocycles. The molecule has 18 heavy (non-hydrogen) atoms. The number of hydrogen-bond donors (Lipinski definition) is 1. The summed E-state index contributed by atoms with van der Waals surface area (Å²) >= 11 is 0. The first-order valence-corrected chi connectivity index (χ1v) is 6.53. The Hall–Kier alpha value is -1.35. The lowest BCUT2D eigenvalue weighted by Gasteiger charge is -2.23. The van der Waals surface area contributed by atoms with Crippen molar-refractivity contribution in [2.45, 2.75) is 33.1 Å². The van der Waals surface area contributed by atoms with Crippen LogP contribution in [0.2, 0.25) is 0 Å². The van der Waals surface area contributed by atoms with Gasteiger partial charge in [-0.15, -0.1) is 0 Å². The lowest BCUT2D eigenvalue weighted by atomic mass is 9.88. The molecule has 100 valence electrons. The summed E-state index contributed by atoms with van der Waals surface area (Å²) in [4.78, 5) is 11.8. The van der Waals surface area contributed by atoms with Crippen molar-refractivity contribution in [3.63, 3.8) is 0 Å². The number of nitrogens with two attached hydrogens (primary N) is 1. The van der Waals surface area contributed by atoms with Crippen LogP contribution in [0, 0.1) is 5.41 Å². The van der Waals surface area contributed by atoms with Gasteiger partial charge in [-0.3, -0.25) is 4.79 Å². The number of aryl methyl sites for hydroxylation is 1. The van der Waals surface area contributed by atoms with Crippen molar-refractivity contribution < 1.29 is 9.53 Å². The van der Waals surface area contributed by atoms with Gasteiger partial charge in [-0.05, 0) is 31.7 Å². The number of hydrogen-bond acceptors (Lipinski definition) is 3. The second-order valence-corrected chi connectivity index (χ2v) is 4.84. The monoisotopic (exact) mass is 249 g/mol. The molecule has 3 heteroatoms. The Kier molecular flexibility index (Phi) is 5.86. The van der Waals surface area contributed by atoms with Crippen molar-refractivity contribution in [2.75, 3.05) is 13.2 Å². The second-order valence-electron chi connectivity index (χ2n) is 4.84. The van der Waals surface area contributed by atoms with Crippen LogP contribution in [0.25, 0.3) is 0 Å². The smallest absolute Gasteiger partial charge is 0.313 e. The van der Waals surface area contributed by atoms with Crippen LogP contribution in [-0.2, 0) is 16.0 Å². The zero-order chi connectivity index (χ0) is 13.4. The van der Waals surface area contributed by atoms with E-state index in [0.717, 1.165) is 12.8 Å². The van der Waals surface area contributed by atoms with Gasteiger partial charge in [0.2, 0.25) is 0 Å². The van der Waals surface area contributed by atoms with Crippen molar-refractivity contribution in [3.8, 4) is 0 Å². The van der Waals surface area contributed by atoms with Gasteiger partial charge in [-0.2, -0.15) is 0 Å². The Morgan fingerprint density at radius 3 is 2.56 bits per heavy atom. The Morgan fingerprint density at radius 1 is 1.33 bits per heavy atom. The first-order valence-electron chi connectivity index (χ1n) is 6.53. The van der Waals surface area contributed by atoms with Crippen LogP contribution < -0.4 is 5.73 Å². The van der Waals surface area contributed by atoms with Gasteiger partial charge in [0.05, 0.1) is 12.0 Å². The summed E-state index contributed by atoms with van der Waals surface area (Å²) in [6, 6.07) is 10.2. The van der Waals surface area contributed by atoms with Crippen LogP contribution >= 0.6 is 0 Å². The van der Waals surface area contributed by atoms with Crippen molar-refractivity contribution in [3.05, 3.63) is 35.9 Å². The van der Waals surface area contributed by atoms with E-state index in [-0.39, 0.29) is 5.97 Å². The highest BCUT2D eigenvalue weighted by atomic mass is 16.5. The predicted octanol–water partition coefficient (Wildman–Crippen LogP) is 2.54. The minimum Gasteiger partial charge on any atom is -0.465 e. The number of carbonyl (C=O) groups is 1. The second kappa shape index (κ2) is 7.17. The summed E-state index contributed by atoms with van der Waals surface area (Å²) in [6.07, 6.45) is 2.49. The molecule has 0 radical (unpaired) electrons. The van der Waals surface area contributed by atoms with Crippen LogP contribution in [0.4, 0.5) is 0 Å². The number of ether oxygens (including phenoxy) is 1. The van der Waals surface area contributed by atoms with E-state index in [4.69, 9.17) is 10.5 Å². The van der Waals surface area contributed by atoms with E-state index in [1.54, 1.807) is 0 Å². The van der Waals surface area contributed by atoms with Gasteiger partial charge in [0.1, 0.15) is 0 Å².